The van der Waals surface area contributed by atoms with E-state index in [1.54, 1.807) is 0 Å². The first-order chi connectivity index (χ1) is 6.59. The van der Waals surface area contributed by atoms with Gasteiger partial charge in [-0.3, -0.25) is 14.6 Å². The van der Waals surface area contributed by atoms with Gasteiger partial charge in [0.05, 0.1) is 5.56 Å². The molecule has 1 heterocycles. The summed E-state index contributed by atoms with van der Waals surface area (Å²) in [5.41, 5.74) is 10.8. The smallest absolute Gasteiger partial charge is 0.250 e. The van der Waals surface area contributed by atoms with Gasteiger partial charge in [0.25, 0.3) is 0 Å². The lowest BCUT2D eigenvalue weighted by molar-refractivity contribution is -0.113. The van der Waals surface area contributed by atoms with Crippen LogP contribution in [0.1, 0.15) is 15.9 Å². The molecule has 0 saturated carbocycles. The van der Waals surface area contributed by atoms with Crippen molar-refractivity contribution in [1.29, 1.82) is 0 Å². The number of carbonyl (C=O) groups excluding carboxylic acids is 2. The number of rotatable bonds is 3. The molecule has 0 unspecified atom stereocenters. The molecule has 0 saturated heterocycles. The maximum atomic E-state index is 10.8. The molecule has 5 nitrogen and oxygen atoms in total. The SMILES string of the molecule is NC(=O)C=Cc1cncc(C(N)=O)c1. The number of nitrogens with two attached hydrogens (primary N) is 2. The minimum atomic E-state index is -0.563. The predicted octanol–water partition coefficient (Wildman–Crippen LogP) is -0.321. The average molecular weight is 191 g/mol. The Kier molecular flexibility index (Phi) is 2.96. The molecule has 0 bridgehead atoms. The van der Waals surface area contributed by atoms with E-state index in [0.29, 0.717) is 5.56 Å². The molecular weight excluding hydrogens is 182 g/mol. The van der Waals surface area contributed by atoms with E-state index >= 15 is 0 Å². The second-order valence-corrected chi connectivity index (χ2v) is 2.61. The second-order valence-electron chi connectivity index (χ2n) is 2.61. The first-order valence-corrected chi connectivity index (χ1v) is 3.82. The van der Waals surface area contributed by atoms with E-state index in [2.05, 4.69) is 4.98 Å². The Morgan fingerprint density at radius 3 is 2.57 bits per heavy atom. The third kappa shape index (κ3) is 2.71. The highest BCUT2D eigenvalue weighted by atomic mass is 16.1. The Morgan fingerprint density at radius 1 is 1.29 bits per heavy atom. The van der Waals surface area contributed by atoms with Crippen LogP contribution in [-0.2, 0) is 4.79 Å². The number of carbonyl (C=O) groups is 2. The van der Waals surface area contributed by atoms with Gasteiger partial charge in [-0.25, -0.2) is 0 Å². The van der Waals surface area contributed by atoms with E-state index in [-0.39, 0.29) is 5.56 Å². The molecule has 0 aromatic carbocycles. The first kappa shape index (κ1) is 9.91. The van der Waals surface area contributed by atoms with Crippen LogP contribution >= 0.6 is 0 Å². The number of amides is 2. The van der Waals surface area contributed by atoms with Gasteiger partial charge in [0, 0.05) is 18.5 Å². The maximum Gasteiger partial charge on any atom is 0.250 e. The fourth-order valence-corrected chi connectivity index (χ4v) is 0.862. The Labute approximate surface area is 80.4 Å². The Hall–Kier alpha value is -2.17. The van der Waals surface area contributed by atoms with Crippen LogP contribution in [0.25, 0.3) is 6.08 Å². The van der Waals surface area contributed by atoms with E-state index in [1.165, 1.54) is 30.6 Å². The molecule has 14 heavy (non-hydrogen) atoms. The van der Waals surface area contributed by atoms with E-state index in [0.717, 1.165) is 0 Å². The van der Waals surface area contributed by atoms with Crippen LogP contribution in [0.3, 0.4) is 0 Å². The lowest BCUT2D eigenvalue weighted by atomic mass is 10.2. The van der Waals surface area contributed by atoms with Gasteiger partial charge in [0.15, 0.2) is 0 Å². The van der Waals surface area contributed by atoms with Gasteiger partial charge in [-0.05, 0) is 17.7 Å². The van der Waals surface area contributed by atoms with Crippen LogP contribution < -0.4 is 11.5 Å². The molecule has 5 heteroatoms. The van der Waals surface area contributed by atoms with E-state index in [4.69, 9.17) is 11.5 Å². The lowest BCUT2D eigenvalue weighted by Gasteiger charge is -1.95. The van der Waals surface area contributed by atoms with Gasteiger partial charge in [0.1, 0.15) is 0 Å². The van der Waals surface area contributed by atoms with Crippen LogP contribution in [0.4, 0.5) is 0 Å². The highest BCUT2D eigenvalue weighted by Gasteiger charge is 1.99. The quantitative estimate of drug-likeness (QED) is 0.640. The minimum absolute atomic E-state index is 0.289. The van der Waals surface area contributed by atoms with Crippen LogP contribution in [0.15, 0.2) is 24.5 Å². The van der Waals surface area contributed by atoms with Crippen molar-refractivity contribution >= 4 is 17.9 Å². The number of primary amides is 2. The molecular formula is C9H9N3O2. The molecule has 0 radical (unpaired) electrons. The Morgan fingerprint density at radius 2 is 2.00 bits per heavy atom. The van der Waals surface area contributed by atoms with Gasteiger partial charge in [-0.15, -0.1) is 0 Å². The summed E-state index contributed by atoms with van der Waals surface area (Å²) in [6.07, 6.45) is 5.49. The van der Waals surface area contributed by atoms with Gasteiger partial charge < -0.3 is 11.5 Å². The summed E-state index contributed by atoms with van der Waals surface area (Å²) in [6.45, 7) is 0. The zero-order valence-corrected chi connectivity index (χ0v) is 7.31. The summed E-state index contributed by atoms with van der Waals surface area (Å²) in [5.74, 6) is -1.12. The molecule has 0 fully saturated rings. The van der Waals surface area contributed by atoms with Gasteiger partial charge >= 0.3 is 0 Å². The molecule has 0 aliphatic heterocycles. The third-order valence-electron chi connectivity index (χ3n) is 1.48. The molecule has 0 aliphatic carbocycles. The molecule has 2 amide bonds. The summed E-state index contributed by atoms with van der Waals surface area (Å²) in [4.78, 5) is 25.0. The van der Waals surface area contributed by atoms with Gasteiger partial charge in [-0.2, -0.15) is 0 Å². The van der Waals surface area contributed by atoms with Crippen LogP contribution in [-0.4, -0.2) is 16.8 Å². The zero-order valence-electron chi connectivity index (χ0n) is 7.31. The van der Waals surface area contributed by atoms with Crippen molar-refractivity contribution in [3.05, 3.63) is 35.7 Å². The summed E-state index contributed by atoms with van der Waals surface area (Å²) >= 11 is 0. The fourth-order valence-electron chi connectivity index (χ4n) is 0.862. The summed E-state index contributed by atoms with van der Waals surface area (Å²) in [7, 11) is 0. The molecule has 0 spiro atoms. The van der Waals surface area contributed by atoms with Crippen LogP contribution in [0.5, 0.6) is 0 Å². The molecule has 0 aliphatic rings. The van der Waals surface area contributed by atoms with Crippen molar-refractivity contribution in [3.63, 3.8) is 0 Å². The largest absolute Gasteiger partial charge is 0.366 e. The minimum Gasteiger partial charge on any atom is -0.366 e. The number of hydrogen-bond acceptors (Lipinski definition) is 3. The van der Waals surface area contributed by atoms with E-state index in [9.17, 15) is 9.59 Å². The third-order valence-corrected chi connectivity index (χ3v) is 1.48. The van der Waals surface area contributed by atoms with Crippen molar-refractivity contribution in [2.45, 2.75) is 0 Å². The fraction of sp³-hybridized carbons (Fsp3) is 0. The molecule has 0 atom stereocenters. The highest BCUT2D eigenvalue weighted by molar-refractivity contribution is 5.94. The van der Waals surface area contributed by atoms with Crippen molar-refractivity contribution in [2.75, 3.05) is 0 Å². The first-order valence-electron chi connectivity index (χ1n) is 3.82. The summed E-state index contributed by atoms with van der Waals surface area (Å²) in [5, 5.41) is 0. The zero-order chi connectivity index (χ0) is 10.6. The normalized spacial score (nSPS) is 10.3. The Bertz CT molecular complexity index is 399. The molecule has 1 aromatic heterocycles. The topological polar surface area (TPSA) is 99.1 Å². The number of nitrogens with zero attached hydrogens (tertiary/aromatic N) is 1. The monoisotopic (exact) mass is 191 g/mol. The molecule has 4 N–H and O–H groups in total. The maximum absolute atomic E-state index is 10.8. The predicted molar refractivity (Wildman–Crippen MR) is 51.0 cm³/mol. The molecule has 1 rings (SSSR count). The summed E-state index contributed by atoms with van der Waals surface area (Å²) < 4.78 is 0. The van der Waals surface area contributed by atoms with Crippen LogP contribution in [0, 0.1) is 0 Å². The van der Waals surface area contributed by atoms with E-state index in [1.807, 2.05) is 0 Å². The van der Waals surface area contributed by atoms with Gasteiger partial charge in [-0.1, -0.05) is 0 Å². The van der Waals surface area contributed by atoms with Crippen molar-refractivity contribution < 1.29 is 9.59 Å². The van der Waals surface area contributed by atoms with E-state index < -0.39 is 11.8 Å². The van der Waals surface area contributed by atoms with Crippen molar-refractivity contribution in [2.24, 2.45) is 11.5 Å². The average Bonchev–Trinajstić information content (AvgIpc) is 2.15. The summed E-state index contributed by atoms with van der Waals surface area (Å²) in [6, 6.07) is 1.52. The molecule has 1 aromatic rings. The van der Waals surface area contributed by atoms with Crippen molar-refractivity contribution in [3.8, 4) is 0 Å². The van der Waals surface area contributed by atoms with Gasteiger partial charge in [0.2, 0.25) is 11.8 Å². The Balaban J connectivity index is 2.94. The van der Waals surface area contributed by atoms with Crippen molar-refractivity contribution in [1.82, 2.24) is 4.98 Å². The number of aromatic nitrogens is 1. The number of pyridine rings is 1. The number of hydrogen-bond donors (Lipinski definition) is 2. The second kappa shape index (κ2) is 4.18. The molecule has 72 valence electrons. The highest BCUT2D eigenvalue weighted by Crippen LogP contribution is 2.03. The standard InChI is InChI=1S/C9H9N3O2/c10-8(13)2-1-6-3-7(9(11)14)5-12-4-6/h1-5H,(H2,10,13)(H2,11,14). The lowest BCUT2D eigenvalue weighted by Crippen LogP contribution is -2.11. The van der Waals surface area contributed by atoms with Crippen LogP contribution in [0.2, 0.25) is 0 Å².